The molecule has 0 bridgehead atoms. The van der Waals surface area contributed by atoms with Gasteiger partial charge in [0.15, 0.2) is 0 Å². The quantitative estimate of drug-likeness (QED) is 0.0862. The van der Waals surface area contributed by atoms with Gasteiger partial charge in [-0.2, -0.15) is 127 Å². The third kappa shape index (κ3) is 13.7. The zero-order valence-corrected chi connectivity index (χ0v) is 38.9. The first-order valence-corrected chi connectivity index (χ1v) is 22.1. The molecule has 0 saturated heterocycles. The number of rotatable bonds is 8. The fraction of sp³-hybridized carbons (Fsp3) is 0.182. The number of halogens is 27. The van der Waals surface area contributed by atoms with E-state index < -0.39 is 216 Å². The summed E-state index contributed by atoms with van der Waals surface area (Å²) in [4.78, 5) is 0. The van der Waals surface area contributed by atoms with Crippen molar-refractivity contribution in [2.45, 2.75) is 49.4 Å². The van der Waals surface area contributed by atoms with Crippen LogP contribution in [0, 0.1) is 7.53 Å². The molecule has 0 aliphatic heterocycles. The average molecular weight is 1250 g/mol. The summed E-state index contributed by atoms with van der Waals surface area (Å²) in [6, 6.07) is -1.44. The van der Waals surface area contributed by atoms with Crippen molar-refractivity contribution in [2.24, 2.45) is 0 Å². The second-order valence-electron chi connectivity index (χ2n) is 15.3. The van der Waals surface area contributed by atoms with Crippen LogP contribution in [0.25, 0.3) is 10.1 Å². The Morgan fingerprint density at radius 1 is 0.324 bits per heavy atom. The Hall–Kier alpha value is -5.39. The normalized spacial score (nSPS) is 13.4. The van der Waals surface area contributed by atoms with E-state index in [1.165, 1.54) is 0 Å². The van der Waals surface area contributed by atoms with E-state index in [2.05, 4.69) is 13.2 Å². The van der Waals surface area contributed by atoms with Crippen LogP contribution in [-0.4, -0.2) is 6.15 Å². The number of hydrogen-bond acceptors (Lipinski definition) is 2. The summed E-state index contributed by atoms with van der Waals surface area (Å²) in [6.45, 7) is 7.21. The van der Waals surface area contributed by atoms with Crippen LogP contribution >= 0.6 is 23.2 Å². The van der Waals surface area contributed by atoms with Crippen LogP contribution in [0.5, 0.6) is 0 Å². The number of alkyl halides is 24. The predicted octanol–water partition coefficient (Wildman–Crippen LogP) is 12.6. The fourth-order valence-corrected chi connectivity index (χ4v) is 9.33. The highest BCUT2D eigenvalue weighted by atomic mass is 127. The highest BCUT2D eigenvalue weighted by molar-refractivity contribution is 7.20. The van der Waals surface area contributed by atoms with Gasteiger partial charge in [0.2, 0.25) is 0 Å². The van der Waals surface area contributed by atoms with E-state index in [4.69, 9.17) is 32.0 Å². The van der Waals surface area contributed by atoms with Crippen LogP contribution in [0.15, 0.2) is 119 Å². The molecule has 2 nitrogen and oxygen atoms in total. The molecule has 30 heteroatoms. The first kappa shape index (κ1) is 59.5. The maximum absolute atomic E-state index is 14.2. The molecule has 74 heavy (non-hydrogen) atoms. The van der Waals surface area contributed by atoms with Gasteiger partial charge in [0, 0.05) is 12.1 Å². The molecular weight excluding hydrogens is 1230 g/mol. The van der Waals surface area contributed by atoms with Crippen molar-refractivity contribution in [1.82, 2.24) is 0 Å². The van der Waals surface area contributed by atoms with Crippen LogP contribution < -0.4 is 43.1 Å². The lowest BCUT2D eigenvalue weighted by molar-refractivity contribution is -0.636. The Bertz CT molecular complexity index is 2570. The highest BCUT2D eigenvalue weighted by Crippen LogP contribution is 2.41. The van der Waals surface area contributed by atoms with E-state index in [0.717, 1.165) is 7.53 Å². The fourth-order valence-electron chi connectivity index (χ4n) is 7.18. The lowest BCUT2D eigenvalue weighted by Gasteiger charge is -2.46. The smallest absolute Gasteiger partial charge is 0.417 e. The van der Waals surface area contributed by atoms with Crippen molar-refractivity contribution in [1.29, 1.82) is 0 Å². The molecule has 0 spiro atoms. The van der Waals surface area contributed by atoms with E-state index in [9.17, 15) is 105 Å². The topological polar surface area (TPSA) is 26.3 Å². The molecule has 0 saturated carbocycles. The summed E-state index contributed by atoms with van der Waals surface area (Å²) < 4.78 is 354. The molecule has 0 aliphatic rings. The lowest BCUT2D eigenvalue weighted by Crippen LogP contribution is -3.61. The second-order valence-corrected chi connectivity index (χ2v) is 18.9. The standard InChI is InChI=1S/C32H12BF24.C12H8Cl2IO2/c34-25(35,36)13-1-14(26(37,38)39)6-21(5-13)33(22-7-15(27(40,41)42)2-16(8-22)28(43,44)45,23-9-17(29(46,47)48)3-18(10-23)30(49,50)51)24-11-19(31(52,53)54)4-20(12-24)32(55,56)57;1-7(13)9-3-5-11(16-9)15-12-6-4-10(17-12)8(2)14/h1-12H;3-6H,1-2H2/q-1;+1. The van der Waals surface area contributed by atoms with Crippen LogP contribution in [0.2, 0.25) is 0 Å². The minimum absolute atomic E-state index is 0.398. The molecular formula is C44H20BCl2F24IO2. The van der Waals surface area contributed by atoms with Gasteiger partial charge in [0.25, 0.3) is 0 Å². The summed E-state index contributed by atoms with van der Waals surface area (Å²) in [5.41, 5.74) is -30.2. The monoisotopic (exact) mass is 1240 g/mol. The molecule has 0 atom stereocenters. The van der Waals surface area contributed by atoms with Gasteiger partial charge in [0.05, 0.1) is 54.6 Å². The molecule has 4 aromatic carbocycles. The van der Waals surface area contributed by atoms with Gasteiger partial charge < -0.3 is 8.83 Å². The lowest BCUT2D eigenvalue weighted by atomic mass is 9.12. The van der Waals surface area contributed by atoms with Gasteiger partial charge in [-0.1, -0.05) is 84.9 Å². The van der Waals surface area contributed by atoms with Gasteiger partial charge in [-0.25, -0.2) is 0 Å². The van der Waals surface area contributed by atoms with E-state index in [1.54, 1.807) is 12.1 Å². The van der Waals surface area contributed by atoms with Gasteiger partial charge in [-0.3, -0.25) is 0 Å². The van der Waals surface area contributed by atoms with E-state index in [0.29, 0.717) is 21.6 Å². The molecule has 0 aliphatic carbocycles. The number of benzene rings is 4. The largest absolute Gasteiger partial charge is 0.443 e. The minimum atomic E-state index is -6.13. The Labute approximate surface area is 418 Å². The Morgan fingerprint density at radius 2 is 0.500 bits per heavy atom. The summed E-state index contributed by atoms with van der Waals surface area (Å²) in [5.74, 6) is 1.18. The Morgan fingerprint density at radius 3 is 0.635 bits per heavy atom. The summed E-state index contributed by atoms with van der Waals surface area (Å²) in [5, 5.41) is 0.795. The van der Waals surface area contributed by atoms with Crippen molar-refractivity contribution in [3.05, 3.63) is 174 Å². The predicted molar refractivity (Wildman–Crippen MR) is 215 cm³/mol. The van der Waals surface area contributed by atoms with Crippen molar-refractivity contribution in [3.8, 4) is 0 Å². The van der Waals surface area contributed by atoms with Crippen LogP contribution in [0.3, 0.4) is 0 Å². The maximum atomic E-state index is 14.2. The van der Waals surface area contributed by atoms with Crippen molar-refractivity contribution in [3.63, 3.8) is 0 Å². The minimum Gasteiger partial charge on any atom is -0.417 e. The number of furan rings is 2. The maximum Gasteiger partial charge on any atom is 0.443 e. The van der Waals surface area contributed by atoms with Crippen LogP contribution in [0.1, 0.15) is 56.0 Å². The molecule has 6 rings (SSSR count). The molecule has 2 aromatic heterocycles. The average Bonchev–Trinajstić information content (AvgIpc) is 3.92. The van der Waals surface area contributed by atoms with Gasteiger partial charge >= 0.3 is 78.1 Å². The Kier molecular flexibility index (Phi) is 16.3. The van der Waals surface area contributed by atoms with Crippen LogP contribution in [-0.2, 0) is 49.4 Å². The third-order valence-corrected chi connectivity index (χ3v) is 12.9. The van der Waals surface area contributed by atoms with Crippen molar-refractivity contribution >= 4 is 61.3 Å². The van der Waals surface area contributed by atoms with E-state index in [1.807, 2.05) is 12.1 Å². The first-order chi connectivity index (χ1) is 33.3. The van der Waals surface area contributed by atoms with Crippen LogP contribution in [0.4, 0.5) is 105 Å². The molecule has 0 unspecified atom stereocenters. The SMILES string of the molecule is C=C(Cl)c1ccc([I+]c2ccc(C(=C)Cl)o2)o1.FC(F)(F)c1cc([B-](c2cc(C(F)(F)F)cc(C(F)(F)F)c2)(c2cc(C(F)(F)F)cc(C(F)(F)F)c2)c2cc(C(F)(F)F)cc(C(F)(F)F)c2)cc(C(F)(F)F)c1. The van der Waals surface area contributed by atoms with Crippen molar-refractivity contribution < 1.29 is 135 Å². The Balaban J connectivity index is 0.000000500. The third-order valence-electron chi connectivity index (χ3n) is 10.3. The summed E-state index contributed by atoms with van der Waals surface area (Å²) in [7, 11) is 0. The molecule has 0 radical (unpaired) electrons. The molecule has 0 fully saturated rings. The summed E-state index contributed by atoms with van der Waals surface area (Å²) >= 11 is 11.0. The molecule has 6 aromatic rings. The second kappa shape index (κ2) is 20.3. The van der Waals surface area contributed by atoms with Gasteiger partial charge in [-0.05, 0) is 36.4 Å². The van der Waals surface area contributed by atoms with Crippen molar-refractivity contribution in [2.75, 3.05) is 0 Å². The van der Waals surface area contributed by atoms with Gasteiger partial charge in [-0.15, -0.1) is 0 Å². The zero-order chi connectivity index (χ0) is 56.3. The first-order valence-electron chi connectivity index (χ1n) is 19.2. The molecule has 400 valence electrons. The van der Waals surface area contributed by atoms with Gasteiger partial charge in [0.1, 0.15) is 17.7 Å². The highest BCUT2D eigenvalue weighted by Gasteiger charge is 2.47. The molecule has 0 amide bonds. The zero-order valence-electron chi connectivity index (χ0n) is 35.3. The molecule has 2 heterocycles. The number of hydrogen-bond donors (Lipinski definition) is 0. The van der Waals surface area contributed by atoms with E-state index >= 15 is 0 Å². The molecule has 0 N–H and O–H groups in total. The summed E-state index contributed by atoms with van der Waals surface area (Å²) in [6.07, 6.45) is -54.8. The van der Waals surface area contributed by atoms with E-state index in [-0.39, 0.29) is 0 Å².